The van der Waals surface area contributed by atoms with Crippen LogP contribution in [0, 0.1) is 0 Å². The van der Waals surface area contributed by atoms with Crippen molar-refractivity contribution in [2.75, 3.05) is 11.9 Å². The lowest BCUT2D eigenvalue weighted by Gasteiger charge is -2.49. The average Bonchev–Trinajstić information content (AvgIpc) is 2.67. The topological polar surface area (TPSA) is 32.3 Å². The summed E-state index contributed by atoms with van der Waals surface area (Å²) in [5.74, 6) is 0.170. The van der Waals surface area contributed by atoms with Crippen molar-refractivity contribution >= 4 is 22.4 Å². The van der Waals surface area contributed by atoms with Gasteiger partial charge >= 0.3 is 0 Å². The van der Waals surface area contributed by atoms with Crippen molar-refractivity contribution in [1.82, 2.24) is 5.32 Å². The van der Waals surface area contributed by atoms with Crippen LogP contribution in [0.3, 0.4) is 0 Å². The van der Waals surface area contributed by atoms with Crippen LogP contribution in [0.4, 0.5) is 5.69 Å². The highest BCUT2D eigenvalue weighted by Gasteiger charge is 2.57. The third-order valence-electron chi connectivity index (χ3n) is 5.79. The molecule has 3 heteroatoms. The largest absolute Gasteiger partial charge is 0.351 e. The number of carbonyl (C=O) groups excluding carboxylic acids is 1. The second-order valence-electron chi connectivity index (χ2n) is 7.13. The van der Waals surface area contributed by atoms with Gasteiger partial charge in [-0.1, -0.05) is 44.2 Å². The molecule has 1 fully saturated rings. The number of rotatable bonds is 0. The lowest BCUT2D eigenvalue weighted by atomic mass is 9.71. The maximum atomic E-state index is 12.1. The van der Waals surface area contributed by atoms with E-state index >= 15 is 0 Å². The minimum Gasteiger partial charge on any atom is -0.351 e. The predicted octanol–water partition coefficient (Wildman–Crippen LogP) is 3.56. The van der Waals surface area contributed by atoms with Crippen molar-refractivity contribution in [3.8, 4) is 0 Å². The number of fused-ring (bicyclic) bond motifs is 3. The standard InChI is InChI=1S/C19H22N2O/c1-18(2)17-14-8-5-4-7-13(14)10-11-15(17)21(3)19(18)12-6-9-16(22)20-19/h4-5,7-8,10-11H,6,9,12H2,1-3H3,(H,20,22). The van der Waals surface area contributed by atoms with Crippen molar-refractivity contribution in [3.05, 3.63) is 42.0 Å². The molecule has 2 aliphatic heterocycles. The molecule has 0 aromatic heterocycles. The highest BCUT2D eigenvalue weighted by molar-refractivity contribution is 5.94. The van der Waals surface area contributed by atoms with E-state index in [0.29, 0.717) is 6.42 Å². The van der Waals surface area contributed by atoms with Crippen molar-refractivity contribution in [2.45, 2.75) is 44.2 Å². The molecular weight excluding hydrogens is 272 g/mol. The van der Waals surface area contributed by atoms with E-state index in [0.717, 1.165) is 12.8 Å². The molecule has 1 amide bonds. The Labute approximate surface area is 131 Å². The van der Waals surface area contributed by atoms with Gasteiger partial charge in [-0.25, -0.2) is 0 Å². The number of anilines is 1. The van der Waals surface area contributed by atoms with Crippen LogP contribution in [0.15, 0.2) is 36.4 Å². The lowest BCUT2D eigenvalue weighted by molar-refractivity contribution is -0.126. The number of benzene rings is 2. The normalized spacial score (nSPS) is 26.3. The minimum atomic E-state index is -0.311. The number of hydrogen-bond acceptors (Lipinski definition) is 2. The first-order valence-corrected chi connectivity index (χ1v) is 8.04. The Balaban J connectivity index is 2.01. The van der Waals surface area contributed by atoms with Gasteiger partial charge in [-0.2, -0.15) is 0 Å². The molecule has 3 nitrogen and oxygen atoms in total. The van der Waals surface area contributed by atoms with Crippen LogP contribution < -0.4 is 10.2 Å². The number of hydrogen-bond donors (Lipinski definition) is 1. The quantitative estimate of drug-likeness (QED) is 0.805. The van der Waals surface area contributed by atoms with Gasteiger partial charge in [0, 0.05) is 24.6 Å². The number of amides is 1. The Morgan fingerprint density at radius 2 is 1.91 bits per heavy atom. The molecule has 0 bridgehead atoms. The minimum absolute atomic E-state index is 0.131. The van der Waals surface area contributed by atoms with E-state index in [2.05, 4.69) is 67.5 Å². The summed E-state index contributed by atoms with van der Waals surface area (Å²) in [7, 11) is 2.12. The molecule has 114 valence electrons. The number of likely N-dealkylation sites (N-methyl/N-ethyl adjacent to an activating group) is 1. The first kappa shape index (κ1) is 13.6. The Hall–Kier alpha value is -2.03. The Morgan fingerprint density at radius 1 is 1.14 bits per heavy atom. The van der Waals surface area contributed by atoms with Gasteiger partial charge in [-0.15, -0.1) is 0 Å². The molecule has 1 saturated heterocycles. The number of carbonyl (C=O) groups is 1. The fourth-order valence-corrected chi connectivity index (χ4v) is 4.61. The lowest BCUT2D eigenvalue weighted by Crippen LogP contribution is -2.67. The van der Waals surface area contributed by atoms with Gasteiger partial charge in [0.15, 0.2) is 0 Å². The Kier molecular flexibility index (Phi) is 2.63. The van der Waals surface area contributed by atoms with Gasteiger partial charge in [0.25, 0.3) is 0 Å². The van der Waals surface area contributed by atoms with E-state index in [1.165, 1.54) is 22.0 Å². The molecule has 2 heterocycles. The Morgan fingerprint density at radius 3 is 2.68 bits per heavy atom. The summed E-state index contributed by atoms with van der Waals surface area (Å²) < 4.78 is 0. The zero-order chi connectivity index (χ0) is 15.5. The molecule has 1 atom stereocenters. The van der Waals surface area contributed by atoms with E-state index in [1.807, 2.05) is 0 Å². The van der Waals surface area contributed by atoms with Crippen LogP contribution >= 0.6 is 0 Å². The van der Waals surface area contributed by atoms with Crippen molar-refractivity contribution in [2.24, 2.45) is 0 Å². The molecular formula is C19H22N2O. The van der Waals surface area contributed by atoms with Crippen LogP contribution in [-0.4, -0.2) is 18.6 Å². The summed E-state index contributed by atoms with van der Waals surface area (Å²) in [5, 5.41) is 5.90. The van der Waals surface area contributed by atoms with Crippen LogP contribution in [0.1, 0.15) is 38.7 Å². The van der Waals surface area contributed by atoms with Gasteiger partial charge in [-0.05, 0) is 35.2 Å². The van der Waals surface area contributed by atoms with Gasteiger partial charge in [0.2, 0.25) is 5.91 Å². The highest BCUT2D eigenvalue weighted by Crippen LogP contribution is 2.54. The zero-order valence-electron chi connectivity index (χ0n) is 13.4. The molecule has 22 heavy (non-hydrogen) atoms. The molecule has 2 aromatic carbocycles. The molecule has 1 unspecified atom stereocenters. The molecule has 0 saturated carbocycles. The summed E-state index contributed by atoms with van der Waals surface area (Å²) in [5.41, 5.74) is 2.16. The maximum absolute atomic E-state index is 12.1. The maximum Gasteiger partial charge on any atom is 0.221 e. The van der Waals surface area contributed by atoms with Crippen LogP contribution in [0.2, 0.25) is 0 Å². The highest BCUT2D eigenvalue weighted by atomic mass is 16.2. The number of nitrogens with one attached hydrogen (secondary N) is 1. The van der Waals surface area contributed by atoms with Gasteiger partial charge in [0.1, 0.15) is 5.66 Å². The summed E-state index contributed by atoms with van der Waals surface area (Å²) in [6.45, 7) is 4.54. The SMILES string of the molecule is CN1c2ccc3ccccc3c2C(C)(C)C12CCCC(=O)N2. The third kappa shape index (κ3) is 1.49. The zero-order valence-corrected chi connectivity index (χ0v) is 13.4. The van der Waals surface area contributed by atoms with E-state index in [1.54, 1.807) is 0 Å². The summed E-state index contributed by atoms with van der Waals surface area (Å²) in [6.07, 6.45) is 2.58. The van der Waals surface area contributed by atoms with Crippen LogP contribution in [-0.2, 0) is 10.2 Å². The Bertz CT molecular complexity index is 780. The fourth-order valence-electron chi connectivity index (χ4n) is 4.61. The first-order valence-electron chi connectivity index (χ1n) is 8.04. The second kappa shape index (κ2) is 4.25. The van der Waals surface area contributed by atoms with Crippen molar-refractivity contribution in [1.29, 1.82) is 0 Å². The summed E-state index contributed by atoms with van der Waals surface area (Å²) in [6, 6.07) is 12.9. The first-order chi connectivity index (χ1) is 10.5. The third-order valence-corrected chi connectivity index (χ3v) is 5.79. The van der Waals surface area contributed by atoms with E-state index < -0.39 is 0 Å². The molecule has 2 aliphatic rings. The number of piperidine rings is 1. The van der Waals surface area contributed by atoms with E-state index in [-0.39, 0.29) is 17.0 Å². The van der Waals surface area contributed by atoms with E-state index in [9.17, 15) is 4.79 Å². The second-order valence-corrected chi connectivity index (χ2v) is 7.13. The molecule has 1 N–H and O–H groups in total. The van der Waals surface area contributed by atoms with Crippen molar-refractivity contribution < 1.29 is 4.79 Å². The van der Waals surface area contributed by atoms with E-state index in [4.69, 9.17) is 0 Å². The summed E-state index contributed by atoms with van der Waals surface area (Å²) in [4.78, 5) is 14.4. The number of nitrogens with zero attached hydrogens (tertiary/aromatic N) is 1. The molecule has 4 rings (SSSR count). The average molecular weight is 294 g/mol. The predicted molar refractivity (Wildman–Crippen MR) is 90.1 cm³/mol. The summed E-state index contributed by atoms with van der Waals surface area (Å²) >= 11 is 0. The van der Waals surface area contributed by atoms with Crippen LogP contribution in [0.25, 0.3) is 10.8 Å². The van der Waals surface area contributed by atoms with Crippen molar-refractivity contribution in [3.63, 3.8) is 0 Å². The molecule has 1 spiro atoms. The molecule has 2 aromatic rings. The molecule has 0 radical (unpaired) electrons. The molecule has 0 aliphatic carbocycles. The van der Waals surface area contributed by atoms with Gasteiger partial charge in [0.05, 0.1) is 0 Å². The van der Waals surface area contributed by atoms with Gasteiger partial charge < -0.3 is 10.2 Å². The monoisotopic (exact) mass is 294 g/mol. The van der Waals surface area contributed by atoms with Gasteiger partial charge in [-0.3, -0.25) is 4.79 Å². The fraction of sp³-hybridized carbons (Fsp3) is 0.421. The van der Waals surface area contributed by atoms with Crippen LogP contribution in [0.5, 0.6) is 0 Å². The smallest absolute Gasteiger partial charge is 0.221 e.